The van der Waals surface area contributed by atoms with Gasteiger partial charge < -0.3 is 25.5 Å². The smallest absolute Gasteiger partial charge is 0.133 e. The molecule has 2 atom stereocenters. The number of aromatic hydroxyl groups is 4. The van der Waals surface area contributed by atoms with Crippen LogP contribution in [-0.4, -0.2) is 25.5 Å². The number of allylic oxidation sites excluding steroid dienone is 3. The second-order valence-electron chi connectivity index (χ2n) is 9.79. The van der Waals surface area contributed by atoms with Crippen molar-refractivity contribution in [2.24, 2.45) is 0 Å². The number of aliphatic hydroxyl groups is 1. The Bertz CT molecular complexity index is 1610. The van der Waals surface area contributed by atoms with Gasteiger partial charge in [-0.05, 0) is 130 Å². The van der Waals surface area contributed by atoms with Gasteiger partial charge in [0.2, 0.25) is 0 Å². The van der Waals surface area contributed by atoms with Crippen molar-refractivity contribution in [3.63, 3.8) is 0 Å². The van der Waals surface area contributed by atoms with Crippen LogP contribution in [0.15, 0.2) is 102 Å². The molecule has 0 spiro atoms. The molecule has 2 unspecified atom stereocenters. The van der Waals surface area contributed by atoms with E-state index in [1.54, 1.807) is 54.6 Å². The van der Waals surface area contributed by atoms with Gasteiger partial charge in [-0.2, -0.15) is 0 Å². The summed E-state index contributed by atoms with van der Waals surface area (Å²) < 4.78 is 1.56. The highest BCUT2D eigenvalue weighted by Crippen LogP contribution is 2.52. The SMILES string of the molecule is CC(C1=CC(c2ccc(O)cc2)CC=C1O)(c1cc(-c2ccc(O)cc2)ccc1O)c1cc(I)cc(I)c1O. The average Bonchev–Trinajstić information content (AvgIpc) is 2.92. The standard InChI is InChI=1S/C32H26I2O5/c1-32(27-16-22(33)17-28(34)31(27)39,25-14-20(6-12-29(25)37)18-2-8-23(35)9-3-18)26-15-21(7-13-30(26)38)19-4-10-24(36)11-5-19/h2-6,8-17,21,35-39H,7H2,1H3. The summed E-state index contributed by atoms with van der Waals surface area (Å²) in [7, 11) is 0. The molecule has 0 saturated heterocycles. The minimum absolute atomic E-state index is 0.0220. The van der Waals surface area contributed by atoms with Crippen LogP contribution in [0.3, 0.4) is 0 Å². The summed E-state index contributed by atoms with van der Waals surface area (Å²) in [4.78, 5) is 0. The molecule has 198 valence electrons. The first-order valence-electron chi connectivity index (χ1n) is 12.3. The Morgan fingerprint density at radius 2 is 1.33 bits per heavy atom. The monoisotopic (exact) mass is 744 g/mol. The van der Waals surface area contributed by atoms with Crippen LogP contribution >= 0.6 is 45.2 Å². The Morgan fingerprint density at radius 1 is 0.718 bits per heavy atom. The fourth-order valence-electron chi connectivity index (χ4n) is 5.23. The molecule has 0 fully saturated rings. The average molecular weight is 744 g/mol. The molecule has 0 bridgehead atoms. The largest absolute Gasteiger partial charge is 0.508 e. The lowest BCUT2D eigenvalue weighted by Crippen LogP contribution is -2.30. The van der Waals surface area contributed by atoms with Crippen LogP contribution in [0, 0.1) is 7.14 Å². The van der Waals surface area contributed by atoms with Gasteiger partial charge in [0.25, 0.3) is 0 Å². The number of halogens is 2. The van der Waals surface area contributed by atoms with Gasteiger partial charge in [0.05, 0.1) is 8.99 Å². The maximum Gasteiger partial charge on any atom is 0.133 e. The molecule has 0 saturated carbocycles. The van der Waals surface area contributed by atoms with Crippen LogP contribution in [0.25, 0.3) is 11.1 Å². The van der Waals surface area contributed by atoms with Crippen LogP contribution in [0.1, 0.15) is 36.0 Å². The number of phenols is 4. The molecule has 39 heavy (non-hydrogen) atoms. The molecule has 0 amide bonds. The first-order valence-corrected chi connectivity index (χ1v) is 14.5. The van der Waals surface area contributed by atoms with E-state index in [1.807, 2.05) is 43.3 Å². The molecule has 4 aromatic rings. The number of phenolic OH excluding ortho intramolecular Hbond substituents is 4. The van der Waals surface area contributed by atoms with Gasteiger partial charge in [-0.25, -0.2) is 0 Å². The first-order chi connectivity index (χ1) is 18.6. The van der Waals surface area contributed by atoms with Crippen LogP contribution < -0.4 is 0 Å². The Balaban J connectivity index is 1.78. The summed E-state index contributed by atoms with van der Waals surface area (Å²) in [6.45, 7) is 1.90. The van der Waals surface area contributed by atoms with E-state index in [1.165, 1.54) is 0 Å². The number of aliphatic hydroxyl groups excluding tert-OH is 1. The van der Waals surface area contributed by atoms with Crippen molar-refractivity contribution in [2.75, 3.05) is 0 Å². The number of hydrogen-bond acceptors (Lipinski definition) is 5. The predicted octanol–water partition coefficient (Wildman–Crippen LogP) is 8.25. The molecule has 0 aromatic heterocycles. The first kappa shape index (κ1) is 27.4. The minimum Gasteiger partial charge on any atom is -0.508 e. The maximum absolute atomic E-state index is 11.4. The fraction of sp³-hybridized carbons (Fsp3) is 0.125. The lowest BCUT2D eigenvalue weighted by molar-refractivity contribution is 0.386. The van der Waals surface area contributed by atoms with E-state index in [0.717, 1.165) is 20.3 Å². The summed E-state index contributed by atoms with van der Waals surface area (Å²) in [5.41, 5.74) is 3.09. The van der Waals surface area contributed by atoms with E-state index in [4.69, 9.17) is 0 Å². The van der Waals surface area contributed by atoms with Crippen LogP contribution in [0.2, 0.25) is 0 Å². The van der Waals surface area contributed by atoms with Crippen molar-refractivity contribution in [2.45, 2.75) is 24.7 Å². The number of hydrogen-bond donors (Lipinski definition) is 5. The predicted molar refractivity (Wildman–Crippen MR) is 169 cm³/mol. The van der Waals surface area contributed by atoms with Crippen molar-refractivity contribution >= 4 is 45.2 Å². The van der Waals surface area contributed by atoms with E-state index < -0.39 is 5.41 Å². The Kier molecular flexibility index (Phi) is 7.56. The van der Waals surface area contributed by atoms with Gasteiger partial charge in [-0.15, -0.1) is 0 Å². The van der Waals surface area contributed by atoms with Gasteiger partial charge in [0.1, 0.15) is 28.8 Å². The Morgan fingerprint density at radius 3 is 2.00 bits per heavy atom. The van der Waals surface area contributed by atoms with Gasteiger partial charge >= 0.3 is 0 Å². The lowest BCUT2D eigenvalue weighted by atomic mass is 9.66. The molecule has 0 heterocycles. The number of benzene rings is 4. The second kappa shape index (κ2) is 10.8. The van der Waals surface area contributed by atoms with Crippen LogP contribution in [0.5, 0.6) is 23.0 Å². The van der Waals surface area contributed by atoms with Crippen molar-refractivity contribution in [3.8, 4) is 34.1 Å². The molecule has 5 rings (SSSR count). The Labute approximate surface area is 254 Å². The molecular formula is C32H26I2O5. The quantitative estimate of drug-likeness (QED) is 0.133. The molecule has 4 aromatic carbocycles. The zero-order valence-electron chi connectivity index (χ0n) is 20.9. The normalized spacial score (nSPS) is 16.7. The molecule has 5 N–H and O–H groups in total. The molecule has 0 aliphatic heterocycles. The van der Waals surface area contributed by atoms with E-state index >= 15 is 0 Å². The summed E-state index contributed by atoms with van der Waals surface area (Å²) in [5.74, 6) is 0.416. The van der Waals surface area contributed by atoms with Gasteiger partial charge in [0, 0.05) is 26.2 Å². The zero-order valence-corrected chi connectivity index (χ0v) is 25.3. The highest BCUT2D eigenvalue weighted by atomic mass is 127. The van der Waals surface area contributed by atoms with Crippen LogP contribution in [-0.2, 0) is 5.41 Å². The molecule has 1 aliphatic carbocycles. The fourth-order valence-corrected chi connectivity index (χ4v) is 7.08. The molecule has 5 nitrogen and oxygen atoms in total. The summed E-state index contributed by atoms with van der Waals surface area (Å²) in [6, 6.07) is 22.8. The van der Waals surface area contributed by atoms with E-state index in [9.17, 15) is 25.5 Å². The summed E-state index contributed by atoms with van der Waals surface area (Å²) in [5, 5.41) is 53.6. The third-order valence-corrected chi connectivity index (χ3v) is 8.82. The lowest BCUT2D eigenvalue weighted by Gasteiger charge is -2.37. The van der Waals surface area contributed by atoms with Gasteiger partial charge in [-0.3, -0.25) is 0 Å². The topological polar surface area (TPSA) is 101 Å². The van der Waals surface area contributed by atoms with E-state index in [0.29, 0.717) is 26.7 Å². The molecule has 7 heteroatoms. The Hall–Kier alpha value is -3.18. The van der Waals surface area contributed by atoms with E-state index in [-0.39, 0.29) is 34.7 Å². The van der Waals surface area contributed by atoms with Crippen molar-refractivity contribution in [1.29, 1.82) is 0 Å². The van der Waals surface area contributed by atoms with Gasteiger partial charge in [0.15, 0.2) is 0 Å². The number of rotatable bonds is 5. The van der Waals surface area contributed by atoms with E-state index in [2.05, 4.69) is 45.2 Å². The summed E-state index contributed by atoms with van der Waals surface area (Å²) >= 11 is 4.30. The molecule has 1 aliphatic rings. The highest BCUT2D eigenvalue weighted by molar-refractivity contribution is 14.1. The third kappa shape index (κ3) is 5.21. The minimum atomic E-state index is -1.15. The summed E-state index contributed by atoms with van der Waals surface area (Å²) in [6.07, 6.45) is 4.31. The third-order valence-electron chi connectivity index (χ3n) is 7.37. The van der Waals surface area contributed by atoms with Crippen molar-refractivity contribution in [3.05, 3.63) is 126 Å². The van der Waals surface area contributed by atoms with Crippen molar-refractivity contribution in [1.82, 2.24) is 0 Å². The van der Waals surface area contributed by atoms with Crippen LogP contribution in [0.4, 0.5) is 0 Å². The zero-order chi connectivity index (χ0) is 27.9. The van der Waals surface area contributed by atoms with Gasteiger partial charge in [-0.1, -0.05) is 36.4 Å². The second-order valence-corrected chi connectivity index (χ2v) is 12.2. The highest BCUT2D eigenvalue weighted by Gasteiger charge is 2.41. The molecular weight excluding hydrogens is 718 g/mol. The molecule has 0 radical (unpaired) electrons. The van der Waals surface area contributed by atoms with Crippen molar-refractivity contribution < 1.29 is 25.5 Å². The maximum atomic E-state index is 11.4.